The molecule has 0 saturated carbocycles. The van der Waals surface area contributed by atoms with Crippen LogP contribution in [0.1, 0.15) is 27.3 Å². The molecule has 1 amide bonds. The second kappa shape index (κ2) is 9.17. The molecule has 0 aliphatic heterocycles. The number of rotatable bonds is 7. The average Bonchev–Trinajstić information content (AvgIpc) is 3.10. The fourth-order valence-electron chi connectivity index (χ4n) is 3.24. The Bertz CT molecular complexity index is 1020. The zero-order valence-electron chi connectivity index (χ0n) is 17.7. The molecule has 0 fully saturated rings. The van der Waals surface area contributed by atoms with Gasteiger partial charge in [0.25, 0.3) is 5.91 Å². The molecule has 0 radical (unpaired) electrons. The maximum atomic E-state index is 12.4. The summed E-state index contributed by atoms with van der Waals surface area (Å²) in [6.45, 7) is 4.09. The molecule has 0 saturated heterocycles. The maximum absolute atomic E-state index is 12.4. The van der Waals surface area contributed by atoms with Gasteiger partial charge >= 0.3 is 0 Å². The molecule has 30 heavy (non-hydrogen) atoms. The third kappa shape index (κ3) is 4.30. The highest BCUT2D eigenvalue weighted by Gasteiger charge is 2.12. The number of aromatic nitrogens is 1. The van der Waals surface area contributed by atoms with Gasteiger partial charge in [0.1, 0.15) is 0 Å². The van der Waals surface area contributed by atoms with E-state index in [0.717, 1.165) is 17.1 Å². The molecular weight excluding hydrogens is 382 g/mol. The van der Waals surface area contributed by atoms with Crippen LogP contribution in [0.15, 0.2) is 53.6 Å². The smallest absolute Gasteiger partial charge is 0.271 e. The first-order valence-corrected chi connectivity index (χ1v) is 9.37. The van der Waals surface area contributed by atoms with E-state index in [-0.39, 0.29) is 5.91 Å². The van der Waals surface area contributed by atoms with E-state index in [4.69, 9.17) is 14.2 Å². The Morgan fingerprint density at radius 1 is 0.900 bits per heavy atom. The van der Waals surface area contributed by atoms with E-state index >= 15 is 0 Å². The molecule has 1 aromatic heterocycles. The summed E-state index contributed by atoms with van der Waals surface area (Å²) in [6, 6.07) is 15.0. The van der Waals surface area contributed by atoms with E-state index in [9.17, 15) is 4.79 Å². The van der Waals surface area contributed by atoms with E-state index < -0.39 is 0 Å². The molecule has 3 aromatic rings. The molecule has 1 N–H and O–H groups in total. The van der Waals surface area contributed by atoms with Crippen molar-refractivity contribution in [2.45, 2.75) is 13.8 Å². The summed E-state index contributed by atoms with van der Waals surface area (Å²) < 4.78 is 18.1. The largest absolute Gasteiger partial charge is 0.493 e. The van der Waals surface area contributed by atoms with E-state index in [0.29, 0.717) is 28.4 Å². The monoisotopic (exact) mass is 407 g/mol. The van der Waals surface area contributed by atoms with Gasteiger partial charge in [-0.05, 0) is 62.4 Å². The fraction of sp³-hybridized carbons (Fsp3) is 0.217. The number of nitrogens with zero attached hydrogens (tertiary/aromatic N) is 2. The summed E-state index contributed by atoms with van der Waals surface area (Å²) >= 11 is 0. The predicted octanol–water partition coefficient (Wildman–Crippen LogP) is 3.88. The first-order chi connectivity index (χ1) is 14.5. The van der Waals surface area contributed by atoms with Gasteiger partial charge in [-0.25, -0.2) is 5.43 Å². The number of carbonyl (C=O) groups is 1. The van der Waals surface area contributed by atoms with Crippen molar-refractivity contribution in [1.82, 2.24) is 9.99 Å². The van der Waals surface area contributed by atoms with Crippen LogP contribution in [0.3, 0.4) is 0 Å². The summed E-state index contributed by atoms with van der Waals surface area (Å²) in [7, 11) is 4.62. The molecule has 0 aliphatic carbocycles. The van der Waals surface area contributed by atoms with Gasteiger partial charge in [0, 0.05) is 28.2 Å². The molecule has 2 aromatic carbocycles. The summed E-state index contributed by atoms with van der Waals surface area (Å²) in [4.78, 5) is 12.4. The van der Waals surface area contributed by atoms with Gasteiger partial charge in [0.2, 0.25) is 5.75 Å². The number of amides is 1. The van der Waals surface area contributed by atoms with Crippen LogP contribution in [-0.2, 0) is 0 Å². The zero-order chi connectivity index (χ0) is 21.7. The number of carbonyl (C=O) groups excluding carboxylic acids is 1. The van der Waals surface area contributed by atoms with Crippen molar-refractivity contribution < 1.29 is 19.0 Å². The molecule has 0 aliphatic rings. The van der Waals surface area contributed by atoms with Crippen LogP contribution in [-0.4, -0.2) is 38.0 Å². The number of ether oxygens (including phenoxy) is 3. The lowest BCUT2D eigenvalue weighted by Crippen LogP contribution is -2.17. The number of benzene rings is 2. The second-order valence-corrected chi connectivity index (χ2v) is 6.66. The predicted molar refractivity (Wildman–Crippen MR) is 116 cm³/mol. The van der Waals surface area contributed by atoms with Gasteiger partial charge in [-0.3, -0.25) is 4.79 Å². The van der Waals surface area contributed by atoms with Gasteiger partial charge in [-0.15, -0.1) is 0 Å². The molecule has 3 rings (SSSR count). The third-order valence-corrected chi connectivity index (χ3v) is 4.73. The number of hydrogen-bond acceptors (Lipinski definition) is 5. The van der Waals surface area contributed by atoms with Crippen LogP contribution in [0.25, 0.3) is 5.69 Å². The molecular formula is C23H25N3O4. The molecule has 7 nitrogen and oxygen atoms in total. The lowest BCUT2D eigenvalue weighted by atomic mass is 10.2. The SMILES string of the molecule is COc1cc(/C=N/NC(=O)c2ccc(-n3c(C)ccc3C)cc2)cc(OC)c1OC. The minimum absolute atomic E-state index is 0.300. The summed E-state index contributed by atoms with van der Waals surface area (Å²) in [5.41, 5.74) is 7.03. The molecule has 156 valence electrons. The van der Waals surface area contributed by atoms with E-state index in [1.165, 1.54) is 6.21 Å². The topological polar surface area (TPSA) is 74.1 Å². The Labute approximate surface area is 175 Å². The Kier molecular flexibility index (Phi) is 6.41. The molecule has 0 unspecified atom stereocenters. The molecule has 0 spiro atoms. The van der Waals surface area contributed by atoms with Crippen molar-refractivity contribution in [2.75, 3.05) is 21.3 Å². The van der Waals surface area contributed by atoms with Crippen LogP contribution in [0.5, 0.6) is 17.2 Å². The summed E-state index contributed by atoms with van der Waals surface area (Å²) in [6.07, 6.45) is 1.52. The van der Waals surface area contributed by atoms with Crippen molar-refractivity contribution in [2.24, 2.45) is 5.10 Å². The number of methoxy groups -OCH3 is 3. The van der Waals surface area contributed by atoms with Gasteiger partial charge in [0.15, 0.2) is 11.5 Å². The zero-order valence-corrected chi connectivity index (χ0v) is 17.7. The molecule has 0 bridgehead atoms. The Hall–Kier alpha value is -3.74. The Morgan fingerprint density at radius 3 is 1.97 bits per heavy atom. The first kappa shape index (κ1) is 21.0. The summed E-state index contributed by atoms with van der Waals surface area (Å²) in [5.74, 6) is 1.22. The number of hydrazone groups is 1. The van der Waals surface area contributed by atoms with E-state index in [1.807, 2.05) is 26.0 Å². The lowest BCUT2D eigenvalue weighted by molar-refractivity contribution is 0.0955. The highest BCUT2D eigenvalue weighted by molar-refractivity contribution is 5.95. The van der Waals surface area contributed by atoms with Gasteiger partial charge < -0.3 is 18.8 Å². The number of nitrogens with one attached hydrogen (secondary N) is 1. The second-order valence-electron chi connectivity index (χ2n) is 6.66. The van der Waals surface area contributed by atoms with Crippen LogP contribution in [0.4, 0.5) is 0 Å². The Morgan fingerprint density at radius 2 is 1.47 bits per heavy atom. The van der Waals surface area contributed by atoms with Gasteiger partial charge in [0.05, 0.1) is 27.5 Å². The minimum Gasteiger partial charge on any atom is -0.493 e. The quantitative estimate of drug-likeness (QED) is 0.476. The fourth-order valence-corrected chi connectivity index (χ4v) is 3.24. The van der Waals surface area contributed by atoms with Gasteiger partial charge in [-0.1, -0.05) is 0 Å². The van der Waals surface area contributed by atoms with Crippen molar-refractivity contribution in [3.63, 3.8) is 0 Å². The average molecular weight is 407 g/mol. The van der Waals surface area contributed by atoms with Crippen LogP contribution >= 0.6 is 0 Å². The van der Waals surface area contributed by atoms with E-state index in [2.05, 4.69) is 27.2 Å². The number of hydrogen-bond donors (Lipinski definition) is 1. The highest BCUT2D eigenvalue weighted by Crippen LogP contribution is 2.37. The van der Waals surface area contributed by atoms with Crippen LogP contribution < -0.4 is 19.6 Å². The highest BCUT2D eigenvalue weighted by atomic mass is 16.5. The van der Waals surface area contributed by atoms with Gasteiger partial charge in [-0.2, -0.15) is 5.10 Å². The van der Waals surface area contributed by atoms with Crippen molar-refractivity contribution >= 4 is 12.1 Å². The minimum atomic E-state index is -0.300. The molecule has 7 heteroatoms. The van der Waals surface area contributed by atoms with Crippen molar-refractivity contribution in [1.29, 1.82) is 0 Å². The molecule has 1 heterocycles. The maximum Gasteiger partial charge on any atom is 0.271 e. The van der Waals surface area contributed by atoms with Crippen molar-refractivity contribution in [3.05, 3.63) is 71.0 Å². The standard InChI is InChI=1S/C23H25N3O4/c1-15-6-7-16(2)26(15)19-10-8-18(9-11-19)23(27)25-24-14-17-12-20(28-3)22(30-5)21(13-17)29-4/h6-14H,1-5H3,(H,25,27)/b24-14+. The Balaban J connectivity index is 1.72. The van der Waals surface area contributed by atoms with E-state index in [1.54, 1.807) is 45.6 Å². The third-order valence-electron chi connectivity index (χ3n) is 4.73. The lowest BCUT2D eigenvalue weighted by Gasteiger charge is -2.12. The first-order valence-electron chi connectivity index (χ1n) is 9.37. The van der Waals surface area contributed by atoms with Crippen LogP contribution in [0, 0.1) is 13.8 Å². The summed E-state index contributed by atoms with van der Waals surface area (Å²) in [5, 5.41) is 4.04. The van der Waals surface area contributed by atoms with Crippen molar-refractivity contribution in [3.8, 4) is 22.9 Å². The number of aryl methyl sites for hydroxylation is 2. The normalized spacial score (nSPS) is 10.8. The molecule has 0 atom stereocenters. The van der Waals surface area contributed by atoms with Crippen LogP contribution in [0.2, 0.25) is 0 Å².